The van der Waals surface area contributed by atoms with Crippen LogP contribution >= 0.6 is 11.8 Å². The summed E-state index contributed by atoms with van der Waals surface area (Å²) in [6, 6.07) is 0.763. The zero-order chi connectivity index (χ0) is 14.8. The van der Waals surface area contributed by atoms with E-state index in [0.29, 0.717) is 0 Å². The summed E-state index contributed by atoms with van der Waals surface area (Å²) in [5.74, 6) is 2.27. The van der Waals surface area contributed by atoms with Crippen LogP contribution in [0.4, 0.5) is 0 Å². The molecule has 1 fully saturated rings. The average molecular weight is 301 g/mol. The molecule has 0 saturated heterocycles. The van der Waals surface area contributed by atoms with E-state index in [1.54, 1.807) is 0 Å². The van der Waals surface area contributed by atoms with E-state index in [1.807, 2.05) is 0 Å². The first kappa shape index (κ1) is 18.3. The van der Waals surface area contributed by atoms with Crippen LogP contribution in [0.25, 0.3) is 0 Å². The highest BCUT2D eigenvalue weighted by Gasteiger charge is 2.29. The van der Waals surface area contributed by atoms with Crippen LogP contribution < -0.4 is 5.32 Å². The summed E-state index contributed by atoms with van der Waals surface area (Å²) in [6.45, 7) is 14.0. The monoisotopic (exact) mass is 300 g/mol. The van der Waals surface area contributed by atoms with Crippen molar-refractivity contribution in [1.29, 1.82) is 0 Å². The van der Waals surface area contributed by atoms with Crippen LogP contribution in [-0.2, 0) is 0 Å². The van der Waals surface area contributed by atoms with Gasteiger partial charge in [-0.1, -0.05) is 34.1 Å². The van der Waals surface area contributed by atoms with Gasteiger partial charge in [0.1, 0.15) is 0 Å². The smallest absolute Gasteiger partial charge is 0.0204 e. The molecular formula is C17H36N2S. The zero-order valence-electron chi connectivity index (χ0n) is 14.2. The van der Waals surface area contributed by atoms with Crippen LogP contribution in [0, 0.1) is 5.92 Å². The van der Waals surface area contributed by atoms with Crippen LogP contribution in [0.5, 0.6) is 0 Å². The Morgan fingerprint density at radius 2 is 1.85 bits per heavy atom. The molecule has 20 heavy (non-hydrogen) atoms. The van der Waals surface area contributed by atoms with Gasteiger partial charge in [0, 0.05) is 23.6 Å². The standard InChI is InChI=1S/C17H36N2S/c1-5-11-18-16-10-9-15(6-2)14-17(16)20-13-12-19(7-3)8-4/h15-18H,5-14H2,1-4H3. The van der Waals surface area contributed by atoms with Gasteiger partial charge in [-0.25, -0.2) is 0 Å². The van der Waals surface area contributed by atoms with Gasteiger partial charge in [-0.05, 0) is 51.2 Å². The Morgan fingerprint density at radius 3 is 2.45 bits per heavy atom. The summed E-state index contributed by atoms with van der Waals surface area (Å²) in [7, 11) is 0. The quantitative estimate of drug-likeness (QED) is 0.656. The van der Waals surface area contributed by atoms with E-state index in [4.69, 9.17) is 0 Å². The number of nitrogens with zero attached hydrogens (tertiary/aromatic N) is 1. The molecule has 0 aliphatic heterocycles. The molecule has 1 aliphatic carbocycles. The van der Waals surface area contributed by atoms with Crippen molar-refractivity contribution in [1.82, 2.24) is 10.2 Å². The molecule has 120 valence electrons. The fourth-order valence-electron chi connectivity index (χ4n) is 3.20. The van der Waals surface area contributed by atoms with Crippen molar-refractivity contribution in [3.8, 4) is 0 Å². The SMILES string of the molecule is CCCNC1CCC(CC)CC1SCCN(CC)CC. The number of hydrogen-bond acceptors (Lipinski definition) is 3. The van der Waals surface area contributed by atoms with Crippen LogP contribution in [0.1, 0.15) is 59.8 Å². The van der Waals surface area contributed by atoms with E-state index >= 15 is 0 Å². The highest BCUT2D eigenvalue weighted by Crippen LogP contribution is 2.34. The molecule has 1 N–H and O–H groups in total. The predicted molar refractivity (Wildman–Crippen MR) is 93.7 cm³/mol. The van der Waals surface area contributed by atoms with Crippen LogP contribution in [0.2, 0.25) is 0 Å². The molecule has 1 saturated carbocycles. The second-order valence-corrected chi connectivity index (χ2v) is 7.43. The molecular weight excluding hydrogens is 264 g/mol. The Bertz CT molecular complexity index is 231. The maximum absolute atomic E-state index is 3.80. The molecule has 0 heterocycles. The van der Waals surface area contributed by atoms with Crippen molar-refractivity contribution in [2.75, 3.05) is 31.9 Å². The second-order valence-electron chi connectivity index (χ2n) is 6.08. The molecule has 0 aromatic rings. The minimum Gasteiger partial charge on any atom is -0.313 e. The second kappa shape index (κ2) is 10.9. The molecule has 0 spiro atoms. The van der Waals surface area contributed by atoms with Crippen molar-refractivity contribution in [3.63, 3.8) is 0 Å². The molecule has 0 aromatic carbocycles. The molecule has 2 nitrogen and oxygen atoms in total. The number of rotatable bonds is 10. The first-order valence-electron chi connectivity index (χ1n) is 8.82. The lowest BCUT2D eigenvalue weighted by molar-refractivity contribution is 0.294. The summed E-state index contributed by atoms with van der Waals surface area (Å²) < 4.78 is 0. The van der Waals surface area contributed by atoms with Gasteiger partial charge >= 0.3 is 0 Å². The highest BCUT2D eigenvalue weighted by molar-refractivity contribution is 8.00. The van der Waals surface area contributed by atoms with Gasteiger partial charge in [-0.15, -0.1) is 0 Å². The summed E-state index contributed by atoms with van der Waals surface area (Å²) in [6.07, 6.45) is 6.88. The first-order chi connectivity index (χ1) is 9.74. The summed E-state index contributed by atoms with van der Waals surface area (Å²) in [5.41, 5.74) is 0. The van der Waals surface area contributed by atoms with Crippen LogP contribution in [0.15, 0.2) is 0 Å². The fraction of sp³-hybridized carbons (Fsp3) is 1.00. The molecule has 0 radical (unpaired) electrons. The van der Waals surface area contributed by atoms with Crippen molar-refractivity contribution in [2.45, 2.75) is 71.1 Å². The topological polar surface area (TPSA) is 15.3 Å². The molecule has 0 amide bonds. The zero-order valence-corrected chi connectivity index (χ0v) is 15.0. The van der Waals surface area contributed by atoms with E-state index in [-0.39, 0.29) is 0 Å². The number of hydrogen-bond donors (Lipinski definition) is 1. The summed E-state index contributed by atoms with van der Waals surface area (Å²) in [5, 5.41) is 4.64. The number of thioether (sulfide) groups is 1. The normalized spacial score (nSPS) is 27.1. The summed E-state index contributed by atoms with van der Waals surface area (Å²) in [4.78, 5) is 2.54. The Hall–Kier alpha value is 0.270. The van der Waals surface area contributed by atoms with E-state index < -0.39 is 0 Å². The minimum absolute atomic E-state index is 0.763. The van der Waals surface area contributed by atoms with Crippen molar-refractivity contribution < 1.29 is 0 Å². The first-order valence-corrected chi connectivity index (χ1v) is 9.87. The molecule has 1 aliphatic rings. The lowest BCUT2D eigenvalue weighted by atomic mass is 9.84. The molecule has 0 bridgehead atoms. The van der Waals surface area contributed by atoms with Crippen LogP contribution in [-0.4, -0.2) is 48.1 Å². The third-order valence-corrected chi connectivity index (χ3v) is 6.14. The number of nitrogens with one attached hydrogen (secondary N) is 1. The lowest BCUT2D eigenvalue weighted by Crippen LogP contribution is -2.43. The minimum atomic E-state index is 0.763. The maximum Gasteiger partial charge on any atom is 0.0204 e. The van der Waals surface area contributed by atoms with Gasteiger partial charge in [0.25, 0.3) is 0 Å². The van der Waals surface area contributed by atoms with Crippen LogP contribution in [0.3, 0.4) is 0 Å². The summed E-state index contributed by atoms with van der Waals surface area (Å²) >= 11 is 2.23. The van der Waals surface area contributed by atoms with Gasteiger partial charge in [-0.3, -0.25) is 0 Å². The van der Waals surface area contributed by atoms with Gasteiger partial charge in [-0.2, -0.15) is 11.8 Å². The van der Waals surface area contributed by atoms with E-state index in [9.17, 15) is 0 Å². The Labute approximate surface area is 131 Å². The maximum atomic E-state index is 3.80. The third kappa shape index (κ3) is 6.36. The largest absolute Gasteiger partial charge is 0.313 e. The van der Waals surface area contributed by atoms with E-state index in [2.05, 4.69) is 49.7 Å². The molecule has 3 heteroatoms. The highest BCUT2D eigenvalue weighted by atomic mass is 32.2. The van der Waals surface area contributed by atoms with Gasteiger partial charge in [0.05, 0.1) is 0 Å². The Kier molecular flexibility index (Phi) is 10.0. The van der Waals surface area contributed by atoms with E-state index in [0.717, 1.165) is 17.2 Å². The Balaban J connectivity index is 2.38. The average Bonchev–Trinajstić information content (AvgIpc) is 2.50. The predicted octanol–water partition coefficient (Wildman–Crippen LogP) is 4.01. The molecule has 3 unspecified atom stereocenters. The Morgan fingerprint density at radius 1 is 1.10 bits per heavy atom. The third-order valence-electron chi connectivity index (χ3n) is 4.77. The van der Waals surface area contributed by atoms with Crippen molar-refractivity contribution in [3.05, 3.63) is 0 Å². The van der Waals surface area contributed by atoms with E-state index in [1.165, 1.54) is 64.0 Å². The van der Waals surface area contributed by atoms with Gasteiger partial charge in [0.15, 0.2) is 0 Å². The lowest BCUT2D eigenvalue weighted by Gasteiger charge is -2.36. The van der Waals surface area contributed by atoms with Gasteiger partial charge in [0.2, 0.25) is 0 Å². The van der Waals surface area contributed by atoms with Crippen molar-refractivity contribution in [2.24, 2.45) is 5.92 Å². The molecule has 3 atom stereocenters. The van der Waals surface area contributed by atoms with Gasteiger partial charge < -0.3 is 10.2 Å². The fourth-order valence-corrected chi connectivity index (χ4v) is 4.74. The molecule has 0 aromatic heterocycles. The van der Waals surface area contributed by atoms with Crippen molar-refractivity contribution >= 4 is 11.8 Å². The molecule has 1 rings (SSSR count).